The second kappa shape index (κ2) is 3.93. The van der Waals surface area contributed by atoms with Crippen LogP contribution in [0.2, 0.25) is 65.9 Å². The number of hydrogen-bond donors (Lipinski definition) is 2. The first kappa shape index (κ1) is 24.6. The molecule has 16 aliphatic rings. The molecule has 43 heavy (non-hydrogen) atoms. The van der Waals surface area contributed by atoms with E-state index in [1.54, 1.807) is 32.1 Å². The zero-order chi connectivity index (χ0) is 28.9. The van der Waals surface area contributed by atoms with Crippen LogP contribution in [0, 0.1) is 35.5 Å². The van der Waals surface area contributed by atoms with E-state index in [1.807, 2.05) is 6.16 Å². The van der Waals surface area contributed by atoms with Crippen molar-refractivity contribution in [3.8, 4) is 0 Å². The van der Waals surface area contributed by atoms with Crippen molar-refractivity contribution in [2.45, 2.75) is 148 Å². The molecule has 4 bridgehead atoms. The third-order valence-electron chi connectivity index (χ3n) is 26.3. The molecule has 9 atom stereocenters. The Morgan fingerprint density at radius 1 is 0.791 bits per heavy atom. The fourth-order valence-electron chi connectivity index (χ4n) is 29.7. The van der Waals surface area contributed by atoms with Crippen molar-refractivity contribution >= 4 is 25.2 Å². The Morgan fingerprint density at radius 2 is 1.30 bits per heavy atom. The van der Waals surface area contributed by atoms with Crippen LogP contribution >= 0.6 is 17.2 Å². The molecular weight excluding hydrogens is 618 g/mol. The number of hydrogen-bond acceptors (Lipinski definition) is 2. The van der Waals surface area contributed by atoms with E-state index in [-0.39, 0.29) is 7.92 Å². The van der Waals surface area contributed by atoms with E-state index in [0.717, 1.165) is 53.7 Å². The van der Waals surface area contributed by atoms with Crippen molar-refractivity contribution < 1.29 is 6.51 Å². The molecule has 4 aliphatic carbocycles. The van der Waals surface area contributed by atoms with Crippen molar-refractivity contribution in [3.63, 3.8) is 0 Å². The van der Waals surface area contributed by atoms with Crippen molar-refractivity contribution in [2.75, 3.05) is 32.3 Å². The van der Waals surface area contributed by atoms with E-state index in [9.17, 15) is 0 Å². The standard InChI is InChI=1S/C32H55N2P2Si.C5H5.Fe/c1-31(2,3)36(30-23-12-21-11-22(14-23)15-24(30)13-21)20-25-16-28(37(4,5)6)17-29(25)32(35,26-7-9-33-18-26)27-8-10-34-19-27;1-2-4-5-3-1;/h16-17,21-24,26-27,30,33-34H,7-15,18-20,35H2,1-6H3;1-5H;. The summed E-state index contributed by atoms with van der Waals surface area (Å²) in [7, 11) is 2.88. The summed E-state index contributed by atoms with van der Waals surface area (Å²) in [4.78, 5) is 9.90. The summed E-state index contributed by atoms with van der Waals surface area (Å²) in [6, 6.07) is 0. The van der Waals surface area contributed by atoms with E-state index in [0.29, 0.717) is 10.3 Å². The average molecular weight is 679 g/mol. The van der Waals surface area contributed by atoms with E-state index in [2.05, 4.69) is 60.3 Å². The van der Waals surface area contributed by atoms with E-state index >= 15 is 0 Å². The summed E-state index contributed by atoms with van der Waals surface area (Å²) in [5.41, 5.74) is 1.16. The fourth-order valence-corrected chi connectivity index (χ4v) is 146. The molecule has 0 radical (unpaired) electrons. The van der Waals surface area contributed by atoms with Crippen molar-refractivity contribution in [1.82, 2.24) is 10.6 Å². The zero-order valence-corrected chi connectivity index (χ0v) is 32.1. The third-order valence-corrected chi connectivity index (χ3v) is 85.6. The van der Waals surface area contributed by atoms with Gasteiger partial charge in [-0.1, -0.05) is 0 Å². The molecule has 12 aliphatic heterocycles. The van der Waals surface area contributed by atoms with Gasteiger partial charge in [-0.25, -0.2) is 0 Å². The number of fused-ring (bicyclic) bond motifs is 10. The molecule has 16 fully saturated rings. The van der Waals surface area contributed by atoms with Crippen LogP contribution in [0.25, 0.3) is 0 Å². The number of rotatable bonds is 7. The van der Waals surface area contributed by atoms with Gasteiger partial charge in [-0.3, -0.25) is 0 Å². The van der Waals surface area contributed by atoms with Crippen molar-refractivity contribution in [3.05, 3.63) is 0 Å². The second-order valence-corrected chi connectivity index (χ2v) is 57.2. The van der Waals surface area contributed by atoms with Gasteiger partial charge in [0.25, 0.3) is 0 Å². The zero-order valence-electron chi connectivity index (χ0n) is 27.9. The average Bonchev–Trinajstić information content (AvgIpc) is 3.74. The minimum absolute atomic E-state index is 0.0907. The molecule has 12 heterocycles. The topological polar surface area (TPSA) is 24.1 Å². The molecule has 12 saturated heterocycles. The van der Waals surface area contributed by atoms with Crippen molar-refractivity contribution in [1.29, 1.82) is 0 Å². The molecule has 0 aromatic rings. The predicted molar refractivity (Wildman–Crippen MR) is 184 cm³/mol. The van der Waals surface area contributed by atoms with Gasteiger partial charge in [0.15, 0.2) is 0 Å². The minimum atomic E-state index is -3.93. The first-order valence-electron chi connectivity index (χ1n) is 19.3. The van der Waals surface area contributed by atoms with E-state index < -0.39 is 14.6 Å². The quantitative estimate of drug-likeness (QED) is 0.207. The summed E-state index contributed by atoms with van der Waals surface area (Å²) < 4.78 is 2.96. The Bertz CT molecular complexity index is 1820. The SMILES string of the molecule is CC(C)(C)P(C[C]12[CH]3[C]4([Si](C)(C)C)[CH]5[C]1(C(P)(C1CCNC1)C1CCNC1)[Fe]35241678[CH]2[CH]1[CH]6[CH]7[CH]28)C1C2CC3CC(C2)CC1C3. The maximum absolute atomic E-state index is 4.04. The van der Waals surface area contributed by atoms with Gasteiger partial charge in [0.1, 0.15) is 0 Å². The predicted octanol–water partition coefficient (Wildman–Crippen LogP) is 9.30. The molecule has 1 spiro atoms. The second-order valence-electron chi connectivity index (χ2n) is 24.3. The Morgan fingerprint density at radius 3 is 1.70 bits per heavy atom. The molecule has 0 amide bonds. The van der Waals surface area contributed by atoms with E-state index in [1.165, 1.54) is 72.7 Å². The molecule has 0 aromatic carbocycles. The normalized spacial score (nSPS) is 80.9. The molecule has 4 saturated carbocycles. The summed E-state index contributed by atoms with van der Waals surface area (Å²) >= 11 is 0. The molecule has 2 N–H and O–H groups in total. The first-order valence-corrected chi connectivity index (χ1v) is 31.1. The molecular formula is C37H60FeN2P2Si. The fraction of sp³-hybridized carbons (Fsp3) is 1.00. The summed E-state index contributed by atoms with van der Waals surface area (Å²) in [6.45, 7) is 18.7. The van der Waals surface area contributed by atoms with Crippen LogP contribution in [0.5, 0.6) is 0 Å². The van der Waals surface area contributed by atoms with Gasteiger partial charge in [0.2, 0.25) is 0 Å². The van der Waals surface area contributed by atoms with Gasteiger partial charge in [-0.15, -0.1) is 0 Å². The van der Waals surface area contributed by atoms with Crippen LogP contribution in [0.3, 0.4) is 0 Å². The van der Waals surface area contributed by atoms with Crippen molar-refractivity contribution in [2.24, 2.45) is 35.5 Å². The molecule has 16 rings (SSSR count). The van der Waals surface area contributed by atoms with Crippen LogP contribution in [0.1, 0.15) is 65.7 Å². The van der Waals surface area contributed by atoms with Crippen LogP contribution in [0.4, 0.5) is 0 Å². The molecule has 0 aromatic heterocycles. The Kier molecular flexibility index (Phi) is 2.25. The van der Waals surface area contributed by atoms with Crippen LogP contribution in [-0.4, -0.2) is 56.4 Å². The Hall–Kier alpha value is 1.52. The maximum atomic E-state index is 4.04. The first-order chi connectivity index (χ1) is 20.2. The summed E-state index contributed by atoms with van der Waals surface area (Å²) in [6.07, 6.45) is 13.1. The summed E-state index contributed by atoms with van der Waals surface area (Å²) in [5.74, 6) is 6.45. The van der Waals surface area contributed by atoms with Gasteiger partial charge in [-0.2, -0.15) is 0 Å². The van der Waals surface area contributed by atoms with Gasteiger partial charge in [-0.05, 0) is 0 Å². The molecule has 2 nitrogen and oxygen atoms in total. The monoisotopic (exact) mass is 678 g/mol. The van der Waals surface area contributed by atoms with Gasteiger partial charge in [0.05, 0.1) is 0 Å². The Labute approximate surface area is 256 Å². The summed E-state index contributed by atoms with van der Waals surface area (Å²) in [5, 5.41) is 9.15. The number of nitrogens with one attached hydrogen (secondary N) is 2. The van der Waals surface area contributed by atoms with Gasteiger partial charge >= 0.3 is 258 Å². The van der Waals surface area contributed by atoms with Crippen LogP contribution in [0.15, 0.2) is 0 Å². The van der Waals surface area contributed by atoms with Gasteiger partial charge < -0.3 is 0 Å². The molecule has 6 heteroatoms. The van der Waals surface area contributed by atoms with Crippen LogP contribution in [-0.2, 0) is 6.51 Å². The van der Waals surface area contributed by atoms with E-state index in [4.69, 9.17) is 0 Å². The molecule has 9 unspecified atom stereocenters. The van der Waals surface area contributed by atoms with Crippen LogP contribution < -0.4 is 10.6 Å². The van der Waals surface area contributed by atoms with Gasteiger partial charge in [0, 0.05) is 0 Å². The molecule has 240 valence electrons. The third kappa shape index (κ3) is 0.695. The Balaban J connectivity index is 1.00.